The van der Waals surface area contributed by atoms with Crippen LogP contribution in [0.25, 0.3) is 22.3 Å². The number of halogens is 3. The maximum Gasteiger partial charge on any atom is 0.416 e. The summed E-state index contributed by atoms with van der Waals surface area (Å²) >= 11 is 0. The summed E-state index contributed by atoms with van der Waals surface area (Å²) in [6, 6.07) is 8.47. The van der Waals surface area contributed by atoms with E-state index < -0.39 is 11.7 Å². The van der Waals surface area contributed by atoms with E-state index in [1.807, 2.05) is 6.07 Å². The largest absolute Gasteiger partial charge is 0.416 e. The zero-order chi connectivity index (χ0) is 23.8. The fourth-order valence-electron chi connectivity index (χ4n) is 6.26. The Morgan fingerprint density at radius 1 is 1.29 bits per heavy atom. The highest BCUT2D eigenvalue weighted by molar-refractivity contribution is 5.83. The van der Waals surface area contributed by atoms with Crippen LogP contribution in [-0.2, 0) is 19.6 Å². The van der Waals surface area contributed by atoms with Crippen molar-refractivity contribution in [3.8, 4) is 17.3 Å². The van der Waals surface area contributed by atoms with Gasteiger partial charge in [0.1, 0.15) is 11.6 Å². The summed E-state index contributed by atoms with van der Waals surface area (Å²) in [6.45, 7) is 5.13. The number of pyridine rings is 1. The van der Waals surface area contributed by atoms with Gasteiger partial charge in [-0.2, -0.15) is 18.4 Å². The van der Waals surface area contributed by atoms with Gasteiger partial charge < -0.3 is 5.32 Å². The van der Waals surface area contributed by atoms with Crippen molar-refractivity contribution >= 4 is 11.0 Å². The SMILES string of the molecule is CC1C2CN(CCCc3ccc(-c4cc5c(nnn5C)c(C#N)n4)cc3C(F)(F)F)C3CNC123. The number of nitriles is 1. The number of nitrogens with one attached hydrogen (secondary N) is 1. The Kier molecular flexibility index (Phi) is 4.57. The van der Waals surface area contributed by atoms with Crippen molar-refractivity contribution in [3.05, 3.63) is 41.1 Å². The first kappa shape index (κ1) is 21.5. The predicted molar refractivity (Wildman–Crippen MR) is 119 cm³/mol. The zero-order valence-electron chi connectivity index (χ0n) is 18.9. The Morgan fingerprint density at radius 2 is 2.12 bits per heavy atom. The molecule has 2 aromatic heterocycles. The Labute approximate surface area is 194 Å². The van der Waals surface area contributed by atoms with E-state index in [1.54, 1.807) is 25.2 Å². The minimum atomic E-state index is -4.48. The Balaban J connectivity index is 1.24. The molecule has 1 spiro atoms. The van der Waals surface area contributed by atoms with Gasteiger partial charge in [-0.3, -0.25) is 4.90 Å². The number of nitrogens with zero attached hydrogens (tertiary/aromatic N) is 6. The van der Waals surface area contributed by atoms with E-state index >= 15 is 0 Å². The molecule has 4 atom stereocenters. The van der Waals surface area contributed by atoms with Crippen molar-refractivity contribution in [2.45, 2.75) is 37.5 Å². The third kappa shape index (κ3) is 3.00. The molecule has 3 fully saturated rings. The average Bonchev–Trinajstić information content (AvgIpc) is 3.09. The summed E-state index contributed by atoms with van der Waals surface area (Å²) in [5.41, 5.74) is 1.45. The summed E-state index contributed by atoms with van der Waals surface area (Å²) in [5, 5.41) is 20.8. The van der Waals surface area contributed by atoms with Gasteiger partial charge in [-0.25, -0.2) is 9.67 Å². The van der Waals surface area contributed by atoms with E-state index in [1.165, 1.54) is 4.68 Å². The minimum absolute atomic E-state index is 0.0412. The molecule has 0 amide bonds. The van der Waals surface area contributed by atoms with Gasteiger partial charge in [0.05, 0.1) is 16.8 Å². The molecule has 4 unspecified atom stereocenters. The van der Waals surface area contributed by atoms with Crippen molar-refractivity contribution in [2.24, 2.45) is 18.9 Å². The normalized spacial score (nSPS) is 27.8. The molecule has 1 aliphatic carbocycles. The van der Waals surface area contributed by atoms with E-state index in [0.717, 1.165) is 25.7 Å². The van der Waals surface area contributed by atoms with E-state index in [4.69, 9.17) is 0 Å². The first-order valence-electron chi connectivity index (χ1n) is 11.5. The second-order valence-electron chi connectivity index (χ2n) is 9.74. The van der Waals surface area contributed by atoms with Crippen LogP contribution < -0.4 is 5.32 Å². The maximum absolute atomic E-state index is 14.0. The number of fused-ring (bicyclic) bond motifs is 1. The number of aryl methyl sites for hydroxylation is 2. The fourth-order valence-corrected chi connectivity index (χ4v) is 6.26. The monoisotopic (exact) mass is 467 g/mol. The van der Waals surface area contributed by atoms with Gasteiger partial charge in [-0.05, 0) is 48.9 Å². The Hall–Kier alpha value is -3.03. The quantitative estimate of drug-likeness (QED) is 0.621. The third-order valence-electron chi connectivity index (χ3n) is 8.19. The van der Waals surface area contributed by atoms with Crippen molar-refractivity contribution < 1.29 is 13.2 Å². The number of alkyl halides is 3. The molecule has 1 saturated carbocycles. The van der Waals surface area contributed by atoms with Crippen LogP contribution in [0.15, 0.2) is 24.3 Å². The first-order chi connectivity index (χ1) is 16.2. The number of benzene rings is 1. The lowest BCUT2D eigenvalue weighted by Gasteiger charge is -2.43. The summed E-state index contributed by atoms with van der Waals surface area (Å²) in [4.78, 5) is 6.70. The average molecular weight is 467 g/mol. The standard InChI is InChI=1S/C24H24F3N7/c1-13-17-12-34(21-11-29-23(13,17)21)7-3-4-14-5-6-15(8-16(14)24(25,26)27)18-9-20-22(19(10-28)30-18)31-32-33(20)2/h5-6,8-9,13,17,21,29H,3-4,7,11-12H2,1-2H3. The van der Waals surface area contributed by atoms with Gasteiger partial charge in [-0.15, -0.1) is 5.10 Å². The molecule has 1 aromatic carbocycles. The molecule has 0 radical (unpaired) electrons. The number of likely N-dealkylation sites (tertiary alicyclic amines) is 1. The lowest BCUT2D eigenvalue weighted by molar-refractivity contribution is -0.138. The van der Waals surface area contributed by atoms with Crippen LogP contribution in [-0.4, -0.2) is 56.1 Å². The van der Waals surface area contributed by atoms with Crippen molar-refractivity contribution in [2.75, 3.05) is 19.6 Å². The molecule has 7 nitrogen and oxygen atoms in total. The number of piperidine rings is 1. The highest BCUT2D eigenvalue weighted by Crippen LogP contribution is 2.62. The highest BCUT2D eigenvalue weighted by atomic mass is 19.4. The molecule has 3 aliphatic rings. The van der Waals surface area contributed by atoms with E-state index in [2.05, 4.69) is 32.4 Å². The van der Waals surface area contributed by atoms with E-state index in [9.17, 15) is 18.4 Å². The molecule has 34 heavy (non-hydrogen) atoms. The van der Waals surface area contributed by atoms with Crippen LogP contribution >= 0.6 is 0 Å². The molecule has 6 rings (SSSR count). The van der Waals surface area contributed by atoms with Crippen LogP contribution in [0.1, 0.15) is 30.2 Å². The number of rotatable bonds is 5. The highest BCUT2D eigenvalue weighted by Gasteiger charge is 2.75. The first-order valence-corrected chi connectivity index (χ1v) is 11.5. The minimum Gasteiger partial charge on any atom is -0.308 e. The van der Waals surface area contributed by atoms with Gasteiger partial charge in [0.15, 0.2) is 5.69 Å². The Morgan fingerprint density at radius 3 is 2.79 bits per heavy atom. The lowest BCUT2D eigenvalue weighted by atomic mass is 9.94. The van der Waals surface area contributed by atoms with Crippen LogP contribution in [0, 0.1) is 23.2 Å². The fraction of sp³-hybridized carbons (Fsp3) is 0.500. The van der Waals surface area contributed by atoms with Crippen molar-refractivity contribution in [1.29, 1.82) is 5.26 Å². The molecule has 176 valence electrons. The van der Waals surface area contributed by atoms with E-state index in [0.29, 0.717) is 64.1 Å². The van der Waals surface area contributed by atoms with Gasteiger partial charge in [0.25, 0.3) is 0 Å². The molecule has 10 heteroatoms. The molecule has 2 saturated heterocycles. The van der Waals surface area contributed by atoms with Crippen molar-refractivity contribution in [3.63, 3.8) is 0 Å². The van der Waals surface area contributed by atoms with Crippen LogP contribution in [0.3, 0.4) is 0 Å². The molecular formula is C24H24F3N7. The van der Waals surface area contributed by atoms with Crippen molar-refractivity contribution in [1.82, 2.24) is 30.2 Å². The van der Waals surface area contributed by atoms with Crippen LogP contribution in [0.5, 0.6) is 0 Å². The Bertz CT molecular complexity index is 1340. The van der Waals surface area contributed by atoms with Gasteiger partial charge >= 0.3 is 6.18 Å². The predicted octanol–water partition coefficient (Wildman–Crippen LogP) is 3.15. The topological polar surface area (TPSA) is 82.7 Å². The smallest absolute Gasteiger partial charge is 0.308 e. The number of hydrogen-bond acceptors (Lipinski definition) is 6. The van der Waals surface area contributed by atoms with E-state index in [-0.39, 0.29) is 5.69 Å². The molecule has 4 heterocycles. The van der Waals surface area contributed by atoms with Gasteiger partial charge in [-0.1, -0.05) is 24.3 Å². The second-order valence-corrected chi connectivity index (χ2v) is 9.74. The maximum atomic E-state index is 14.0. The molecule has 3 aromatic rings. The third-order valence-corrected chi connectivity index (χ3v) is 8.19. The molecule has 0 bridgehead atoms. The summed E-state index contributed by atoms with van der Waals surface area (Å²) in [5.74, 6) is 1.40. The second kappa shape index (κ2) is 7.23. The molecule has 1 N–H and O–H groups in total. The summed E-state index contributed by atoms with van der Waals surface area (Å²) < 4.78 is 43.5. The molecular weight excluding hydrogens is 443 g/mol. The summed E-state index contributed by atoms with van der Waals surface area (Å²) in [7, 11) is 1.66. The summed E-state index contributed by atoms with van der Waals surface area (Å²) in [6.07, 6.45) is -3.44. The lowest BCUT2D eigenvalue weighted by Crippen LogP contribution is -2.65. The number of aromatic nitrogens is 4. The zero-order valence-corrected chi connectivity index (χ0v) is 18.9. The van der Waals surface area contributed by atoms with Gasteiger partial charge in [0.2, 0.25) is 0 Å². The van der Waals surface area contributed by atoms with Gasteiger partial charge in [0, 0.05) is 37.3 Å². The molecule has 2 aliphatic heterocycles. The van der Waals surface area contributed by atoms with Crippen LogP contribution in [0.4, 0.5) is 13.2 Å². The number of hydrogen-bond donors (Lipinski definition) is 1. The van der Waals surface area contributed by atoms with Crippen LogP contribution in [0.2, 0.25) is 0 Å².